The summed E-state index contributed by atoms with van der Waals surface area (Å²) in [6, 6.07) is -0.529. The monoisotopic (exact) mass is 307 g/mol. The van der Waals surface area contributed by atoms with E-state index in [1.807, 2.05) is 13.8 Å². The summed E-state index contributed by atoms with van der Waals surface area (Å²) in [6.07, 6.45) is 1.62. The molecule has 3 N–H and O–H groups in total. The van der Waals surface area contributed by atoms with E-state index in [-0.39, 0.29) is 36.7 Å². The first-order valence-corrected chi connectivity index (χ1v) is 6.98. The van der Waals surface area contributed by atoms with Crippen LogP contribution in [-0.2, 0) is 14.3 Å². The Bertz CT molecular complexity index is 309. The molecule has 1 rings (SSSR count). The molecule has 0 radical (unpaired) electrons. The Hall–Kier alpha value is -0.850. The van der Waals surface area contributed by atoms with E-state index in [4.69, 9.17) is 10.5 Å². The maximum absolute atomic E-state index is 12.3. The van der Waals surface area contributed by atoms with Crippen molar-refractivity contribution in [2.24, 2.45) is 11.7 Å². The Labute approximate surface area is 126 Å². The van der Waals surface area contributed by atoms with E-state index in [9.17, 15) is 9.59 Å². The lowest BCUT2D eigenvalue weighted by Crippen LogP contribution is -2.51. The van der Waals surface area contributed by atoms with Crippen LogP contribution in [-0.4, -0.2) is 55.6 Å². The second kappa shape index (κ2) is 9.96. The van der Waals surface area contributed by atoms with Crippen LogP contribution in [0.25, 0.3) is 0 Å². The van der Waals surface area contributed by atoms with Gasteiger partial charge in [-0.15, -0.1) is 12.4 Å². The molecule has 0 bridgehead atoms. The minimum absolute atomic E-state index is 0. The van der Waals surface area contributed by atoms with Crippen LogP contribution >= 0.6 is 12.4 Å². The van der Waals surface area contributed by atoms with E-state index in [0.29, 0.717) is 26.3 Å². The summed E-state index contributed by atoms with van der Waals surface area (Å²) in [5, 5.41) is 2.69. The summed E-state index contributed by atoms with van der Waals surface area (Å²) in [5.74, 6) is -0.123. The molecule has 1 saturated heterocycles. The highest BCUT2D eigenvalue weighted by Gasteiger charge is 2.30. The molecule has 0 aromatic carbocycles. The van der Waals surface area contributed by atoms with E-state index >= 15 is 0 Å². The molecule has 0 saturated carbocycles. The Kier molecular flexibility index (Phi) is 9.54. The highest BCUT2D eigenvalue weighted by molar-refractivity contribution is 5.87. The summed E-state index contributed by atoms with van der Waals surface area (Å²) in [4.78, 5) is 25.4. The maximum atomic E-state index is 12.3. The minimum Gasteiger partial charge on any atom is -0.381 e. The molecule has 20 heavy (non-hydrogen) atoms. The van der Waals surface area contributed by atoms with E-state index in [1.165, 1.54) is 4.90 Å². The number of rotatable bonds is 6. The average Bonchev–Trinajstić information content (AvgIpc) is 2.44. The van der Waals surface area contributed by atoms with Crippen molar-refractivity contribution in [2.75, 3.05) is 32.8 Å². The van der Waals surface area contributed by atoms with Gasteiger partial charge in [-0.3, -0.25) is 9.59 Å². The molecular formula is C13H26ClN3O3. The normalized spacial score (nSPS) is 16.9. The number of ether oxygens (including phenoxy) is 1. The number of carbonyl (C=O) groups excluding carboxylic acids is 2. The molecule has 118 valence electrons. The second-order valence-corrected chi connectivity index (χ2v) is 4.78. The fourth-order valence-corrected chi connectivity index (χ4v) is 2.26. The second-order valence-electron chi connectivity index (χ2n) is 4.78. The quantitative estimate of drug-likeness (QED) is 0.731. The lowest BCUT2D eigenvalue weighted by atomic mass is 9.91. The molecule has 1 aliphatic rings. The zero-order chi connectivity index (χ0) is 14.3. The number of amides is 2. The van der Waals surface area contributed by atoms with E-state index in [1.54, 1.807) is 0 Å². The first-order chi connectivity index (χ1) is 9.10. The molecule has 1 fully saturated rings. The minimum atomic E-state index is -0.529. The summed E-state index contributed by atoms with van der Waals surface area (Å²) in [5.41, 5.74) is 6.04. The predicted molar refractivity (Wildman–Crippen MR) is 79.7 cm³/mol. The SMILES string of the molecule is CCNC(=O)CN(CC)C(=O)C(N)C1CCOCC1.Cl. The zero-order valence-corrected chi connectivity index (χ0v) is 13.1. The Morgan fingerprint density at radius 2 is 1.95 bits per heavy atom. The maximum Gasteiger partial charge on any atom is 0.240 e. The lowest BCUT2D eigenvalue weighted by molar-refractivity contribution is -0.138. The van der Waals surface area contributed by atoms with Crippen LogP contribution in [0.1, 0.15) is 26.7 Å². The van der Waals surface area contributed by atoms with Gasteiger partial charge in [0.15, 0.2) is 0 Å². The highest BCUT2D eigenvalue weighted by atomic mass is 35.5. The van der Waals surface area contributed by atoms with Crippen molar-refractivity contribution in [2.45, 2.75) is 32.7 Å². The topological polar surface area (TPSA) is 84.7 Å². The molecule has 2 amide bonds. The van der Waals surface area contributed by atoms with Gasteiger partial charge in [0.1, 0.15) is 0 Å². The van der Waals surface area contributed by atoms with Crippen LogP contribution in [0.5, 0.6) is 0 Å². The van der Waals surface area contributed by atoms with Gasteiger partial charge < -0.3 is 20.7 Å². The molecule has 0 aromatic heterocycles. The highest BCUT2D eigenvalue weighted by Crippen LogP contribution is 2.18. The van der Waals surface area contributed by atoms with Crippen molar-refractivity contribution >= 4 is 24.2 Å². The zero-order valence-electron chi connectivity index (χ0n) is 12.3. The number of nitrogens with one attached hydrogen (secondary N) is 1. The van der Waals surface area contributed by atoms with E-state index < -0.39 is 6.04 Å². The smallest absolute Gasteiger partial charge is 0.240 e. The van der Waals surface area contributed by atoms with Gasteiger partial charge in [-0.05, 0) is 32.6 Å². The van der Waals surface area contributed by atoms with Gasteiger partial charge in [0.05, 0.1) is 12.6 Å². The number of nitrogens with zero attached hydrogens (tertiary/aromatic N) is 1. The molecule has 0 spiro atoms. The third kappa shape index (κ3) is 5.64. The number of nitrogens with two attached hydrogens (primary N) is 1. The van der Waals surface area contributed by atoms with Gasteiger partial charge in [0.2, 0.25) is 11.8 Å². The van der Waals surface area contributed by atoms with Crippen LogP contribution < -0.4 is 11.1 Å². The number of hydrogen-bond donors (Lipinski definition) is 2. The molecular weight excluding hydrogens is 282 g/mol. The number of hydrogen-bond acceptors (Lipinski definition) is 4. The predicted octanol–water partition coefficient (Wildman–Crippen LogP) is 0.147. The largest absolute Gasteiger partial charge is 0.381 e. The van der Waals surface area contributed by atoms with Gasteiger partial charge in [0.25, 0.3) is 0 Å². The van der Waals surface area contributed by atoms with Crippen molar-refractivity contribution in [1.82, 2.24) is 10.2 Å². The average molecular weight is 308 g/mol. The van der Waals surface area contributed by atoms with Crippen LogP contribution in [0.15, 0.2) is 0 Å². The summed E-state index contributed by atoms with van der Waals surface area (Å²) in [7, 11) is 0. The molecule has 0 aliphatic carbocycles. The molecule has 7 heteroatoms. The Morgan fingerprint density at radius 3 is 2.45 bits per heavy atom. The van der Waals surface area contributed by atoms with Gasteiger partial charge in [-0.1, -0.05) is 0 Å². The van der Waals surface area contributed by atoms with Gasteiger partial charge in [-0.25, -0.2) is 0 Å². The first kappa shape index (κ1) is 19.1. The van der Waals surface area contributed by atoms with Crippen LogP contribution in [0.2, 0.25) is 0 Å². The van der Waals surface area contributed by atoms with Crippen molar-refractivity contribution in [3.8, 4) is 0 Å². The molecule has 0 aromatic rings. The molecule has 1 aliphatic heterocycles. The number of likely N-dealkylation sites (N-methyl/N-ethyl adjacent to an activating group) is 2. The van der Waals surface area contributed by atoms with E-state index in [0.717, 1.165) is 12.8 Å². The standard InChI is InChI=1S/C13H25N3O3.ClH/c1-3-15-11(17)9-16(4-2)13(18)12(14)10-5-7-19-8-6-10;/h10,12H,3-9,14H2,1-2H3,(H,15,17);1H. The summed E-state index contributed by atoms with van der Waals surface area (Å²) >= 11 is 0. The summed E-state index contributed by atoms with van der Waals surface area (Å²) in [6.45, 7) is 6.17. The first-order valence-electron chi connectivity index (χ1n) is 6.98. The van der Waals surface area contributed by atoms with Crippen LogP contribution in [0.3, 0.4) is 0 Å². The van der Waals surface area contributed by atoms with Crippen molar-refractivity contribution in [1.29, 1.82) is 0 Å². The van der Waals surface area contributed by atoms with Crippen LogP contribution in [0, 0.1) is 5.92 Å². The fraction of sp³-hybridized carbons (Fsp3) is 0.846. The third-order valence-electron chi connectivity index (χ3n) is 3.46. The molecule has 6 nitrogen and oxygen atoms in total. The lowest BCUT2D eigenvalue weighted by Gasteiger charge is -2.30. The Morgan fingerprint density at radius 1 is 1.35 bits per heavy atom. The van der Waals surface area contributed by atoms with E-state index in [2.05, 4.69) is 5.32 Å². The van der Waals surface area contributed by atoms with Crippen molar-refractivity contribution in [3.05, 3.63) is 0 Å². The van der Waals surface area contributed by atoms with Crippen molar-refractivity contribution in [3.63, 3.8) is 0 Å². The Balaban J connectivity index is 0.00000361. The fourth-order valence-electron chi connectivity index (χ4n) is 2.26. The van der Waals surface area contributed by atoms with Gasteiger partial charge >= 0.3 is 0 Å². The van der Waals surface area contributed by atoms with Crippen molar-refractivity contribution < 1.29 is 14.3 Å². The summed E-state index contributed by atoms with van der Waals surface area (Å²) < 4.78 is 5.27. The molecule has 1 heterocycles. The third-order valence-corrected chi connectivity index (χ3v) is 3.46. The van der Waals surface area contributed by atoms with Crippen LogP contribution in [0.4, 0.5) is 0 Å². The number of halogens is 1. The van der Waals surface area contributed by atoms with Gasteiger partial charge in [0, 0.05) is 26.3 Å². The van der Waals surface area contributed by atoms with Gasteiger partial charge in [-0.2, -0.15) is 0 Å². The number of carbonyl (C=O) groups is 2. The molecule has 1 atom stereocenters. The molecule has 1 unspecified atom stereocenters.